The minimum atomic E-state index is 0.216. The van der Waals surface area contributed by atoms with E-state index in [1.54, 1.807) is 11.3 Å². The first-order valence-electron chi connectivity index (χ1n) is 8.54. The van der Waals surface area contributed by atoms with Crippen LogP contribution in [0, 0.1) is 5.92 Å². The molecule has 128 valence electrons. The quantitative estimate of drug-likeness (QED) is 0.797. The molecule has 0 saturated carbocycles. The van der Waals surface area contributed by atoms with Crippen molar-refractivity contribution in [3.63, 3.8) is 0 Å². The molecule has 0 aromatic carbocycles. The van der Waals surface area contributed by atoms with Crippen molar-refractivity contribution >= 4 is 28.8 Å². The molecule has 2 aliphatic rings. The fourth-order valence-corrected chi connectivity index (χ4v) is 5.04. The first-order chi connectivity index (χ1) is 11.2. The molecule has 3 rings (SSSR count). The molecule has 1 amide bonds. The number of likely N-dealkylation sites (tertiary alicyclic amines) is 2. The molecule has 0 unspecified atom stereocenters. The van der Waals surface area contributed by atoms with Crippen molar-refractivity contribution in [1.82, 2.24) is 9.80 Å². The second-order valence-corrected chi connectivity index (χ2v) is 8.41. The summed E-state index contributed by atoms with van der Waals surface area (Å²) in [5.74, 6) is 0.897. The standard InChI is InChI=1S/C17H25ClN2O2S/c18-16-5-4-14(23-16)12-19-9-7-15-13(11-19)3-6-17(22)20(15)8-1-2-10-21/h4-5,13,15,21H,1-3,6-12H2/t13-,15+/m0/s1. The van der Waals surface area contributed by atoms with Crippen molar-refractivity contribution in [3.05, 3.63) is 21.3 Å². The van der Waals surface area contributed by atoms with Crippen LogP contribution in [0.4, 0.5) is 0 Å². The molecule has 2 fully saturated rings. The highest BCUT2D eigenvalue weighted by molar-refractivity contribution is 7.16. The number of unbranched alkanes of at least 4 members (excludes halogenated alkanes) is 1. The van der Waals surface area contributed by atoms with E-state index in [9.17, 15) is 4.79 Å². The number of rotatable bonds is 6. The third kappa shape index (κ3) is 4.27. The van der Waals surface area contributed by atoms with Crippen LogP contribution in [-0.4, -0.2) is 53.1 Å². The van der Waals surface area contributed by atoms with Crippen LogP contribution in [0.5, 0.6) is 0 Å². The SMILES string of the molecule is O=C1CC[C@H]2CN(Cc3ccc(Cl)s3)CC[C@H]2N1CCCCO. The highest BCUT2D eigenvalue weighted by Gasteiger charge is 2.38. The first-order valence-corrected chi connectivity index (χ1v) is 9.73. The molecule has 0 radical (unpaired) electrons. The van der Waals surface area contributed by atoms with E-state index in [0.29, 0.717) is 24.3 Å². The molecule has 23 heavy (non-hydrogen) atoms. The zero-order valence-corrected chi connectivity index (χ0v) is 15.0. The van der Waals surface area contributed by atoms with E-state index in [4.69, 9.17) is 16.7 Å². The predicted molar refractivity (Wildman–Crippen MR) is 93.8 cm³/mol. The lowest BCUT2D eigenvalue weighted by Gasteiger charge is -2.47. The Morgan fingerprint density at radius 1 is 1.30 bits per heavy atom. The highest BCUT2D eigenvalue weighted by Crippen LogP contribution is 2.33. The molecule has 2 aliphatic heterocycles. The van der Waals surface area contributed by atoms with Crippen molar-refractivity contribution in [2.45, 2.75) is 44.7 Å². The maximum atomic E-state index is 12.3. The molecular formula is C17H25ClN2O2S. The van der Waals surface area contributed by atoms with Crippen LogP contribution >= 0.6 is 22.9 Å². The van der Waals surface area contributed by atoms with Crippen LogP contribution in [0.1, 0.15) is 37.0 Å². The number of halogens is 1. The number of carbonyl (C=O) groups is 1. The summed E-state index contributed by atoms with van der Waals surface area (Å²) in [6.45, 7) is 4.11. The molecular weight excluding hydrogens is 332 g/mol. The van der Waals surface area contributed by atoms with Crippen molar-refractivity contribution in [2.75, 3.05) is 26.2 Å². The molecule has 1 aromatic rings. The lowest BCUT2D eigenvalue weighted by Crippen LogP contribution is -2.55. The third-order valence-corrected chi connectivity index (χ3v) is 6.26. The number of fused-ring (bicyclic) bond motifs is 1. The molecule has 0 spiro atoms. The Bertz CT molecular complexity index is 536. The van der Waals surface area contributed by atoms with Gasteiger partial charge >= 0.3 is 0 Å². The summed E-state index contributed by atoms with van der Waals surface area (Å²) in [5, 5.41) is 8.95. The van der Waals surface area contributed by atoms with E-state index in [-0.39, 0.29) is 6.61 Å². The summed E-state index contributed by atoms with van der Waals surface area (Å²) in [4.78, 5) is 18.2. The molecule has 6 heteroatoms. The number of hydrogen-bond acceptors (Lipinski definition) is 4. The number of amides is 1. The Hall–Kier alpha value is -0.620. The van der Waals surface area contributed by atoms with Gasteiger partial charge in [0.2, 0.25) is 5.91 Å². The van der Waals surface area contributed by atoms with Gasteiger partial charge in [-0.05, 0) is 43.7 Å². The molecule has 3 heterocycles. The van der Waals surface area contributed by atoms with Gasteiger partial charge in [0.25, 0.3) is 0 Å². The Balaban J connectivity index is 1.57. The highest BCUT2D eigenvalue weighted by atomic mass is 35.5. The van der Waals surface area contributed by atoms with Crippen LogP contribution in [0.25, 0.3) is 0 Å². The summed E-state index contributed by atoms with van der Waals surface area (Å²) in [7, 11) is 0. The normalized spacial score (nSPS) is 25.7. The topological polar surface area (TPSA) is 43.8 Å². The lowest BCUT2D eigenvalue weighted by molar-refractivity contribution is -0.141. The van der Waals surface area contributed by atoms with Crippen molar-refractivity contribution in [3.8, 4) is 0 Å². The Labute approximate surface area is 147 Å². The number of carbonyl (C=O) groups excluding carboxylic acids is 1. The monoisotopic (exact) mass is 356 g/mol. The van der Waals surface area contributed by atoms with E-state index in [1.165, 1.54) is 4.88 Å². The molecule has 2 atom stereocenters. The van der Waals surface area contributed by atoms with E-state index >= 15 is 0 Å². The van der Waals surface area contributed by atoms with Gasteiger partial charge < -0.3 is 10.0 Å². The van der Waals surface area contributed by atoms with Gasteiger partial charge in [0.1, 0.15) is 0 Å². The second kappa shape index (κ2) is 7.97. The average Bonchev–Trinajstić information content (AvgIpc) is 2.95. The van der Waals surface area contributed by atoms with Crippen LogP contribution in [0.3, 0.4) is 0 Å². The van der Waals surface area contributed by atoms with Crippen LogP contribution in [0.2, 0.25) is 4.34 Å². The summed E-state index contributed by atoms with van der Waals surface area (Å²) >= 11 is 7.68. The van der Waals surface area contributed by atoms with Crippen molar-refractivity contribution < 1.29 is 9.90 Å². The first kappa shape index (κ1) is 17.2. The van der Waals surface area contributed by atoms with Crippen molar-refractivity contribution in [1.29, 1.82) is 0 Å². The third-order valence-electron chi connectivity index (χ3n) is 5.04. The predicted octanol–water partition coefficient (Wildman–Crippen LogP) is 2.99. The van der Waals surface area contributed by atoms with Gasteiger partial charge in [0.05, 0.1) is 4.34 Å². The Morgan fingerprint density at radius 2 is 2.17 bits per heavy atom. The number of hydrogen-bond donors (Lipinski definition) is 1. The number of aliphatic hydroxyl groups excluding tert-OH is 1. The zero-order valence-electron chi connectivity index (χ0n) is 13.4. The fraction of sp³-hybridized carbons (Fsp3) is 0.706. The number of aliphatic hydroxyl groups is 1. The molecule has 4 nitrogen and oxygen atoms in total. The minimum Gasteiger partial charge on any atom is -0.396 e. The van der Waals surface area contributed by atoms with E-state index in [0.717, 1.165) is 56.2 Å². The van der Waals surface area contributed by atoms with Crippen LogP contribution in [-0.2, 0) is 11.3 Å². The maximum Gasteiger partial charge on any atom is 0.222 e. The van der Waals surface area contributed by atoms with Crippen LogP contribution in [0.15, 0.2) is 12.1 Å². The fourth-order valence-electron chi connectivity index (χ4n) is 3.91. The Morgan fingerprint density at radius 3 is 2.91 bits per heavy atom. The van der Waals surface area contributed by atoms with Crippen LogP contribution < -0.4 is 0 Å². The summed E-state index contributed by atoms with van der Waals surface area (Å²) in [5.41, 5.74) is 0. The maximum absolute atomic E-state index is 12.3. The van der Waals surface area contributed by atoms with Gasteiger partial charge in [-0.1, -0.05) is 11.6 Å². The van der Waals surface area contributed by atoms with Gasteiger partial charge in [-0.25, -0.2) is 0 Å². The largest absolute Gasteiger partial charge is 0.396 e. The van der Waals surface area contributed by atoms with Crippen molar-refractivity contribution in [2.24, 2.45) is 5.92 Å². The van der Waals surface area contributed by atoms with Gasteiger partial charge in [0.15, 0.2) is 0 Å². The van der Waals surface area contributed by atoms with Gasteiger partial charge in [0, 0.05) is 50.1 Å². The number of piperidine rings is 2. The summed E-state index contributed by atoms with van der Waals surface area (Å²) in [6.07, 6.45) is 4.45. The second-order valence-electron chi connectivity index (χ2n) is 6.61. The smallest absolute Gasteiger partial charge is 0.222 e. The zero-order chi connectivity index (χ0) is 16.2. The van der Waals surface area contributed by atoms with E-state index in [1.807, 2.05) is 6.07 Å². The van der Waals surface area contributed by atoms with Gasteiger partial charge in [-0.3, -0.25) is 9.69 Å². The van der Waals surface area contributed by atoms with E-state index < -0.39 is 0 Å². The number of nitrogens with zero attached hydrogens (tertiary/aromatic N) is 2. The lowest BCUT2D eigenvalue weighted by atomic mass is 9.83. The molecule has 0 bridgehead atoms. The molecule has 0 aliphatic carbocycles. The summed E-state index contributed by atoms with van der Waals surface area (Å²) < 4.78 is 0.855. The molecule has 1 N–H and O–H groups in total. The summed E-state index contributed by atoms with van der Waals surface area (Å²) in [6, 6.07) is 4.49. The van der Waals surface area contributed by atoms with E-state index in [2.05, 4.69) is 15.9 Å². The van der Waals surface area contributed by atoms with Gasteiger partial charge in [-0.2, -0.15) is 0 Å². The Kier molecular flexibility index (Phi) is 5.96. The minimum absolute atomic E-state index is 0.216. The van der Waals surface area contributed by atoms with Gasteiger partial charge in [-0.15, -0.1) is 11.3 Å². The molecule has 2 saturated heterocycles. The average molecular weight is 357 g/mol. The molecule has 1 aromatic heterocycles. The number of thiophene rings is 1.